The van der Waals surface area contributed by atoms with Crippen LogP contribution in [0.25, 0.3) is 0 Å². The van der Waals surface area contributed by atoms with E-state index in [4.69, 9.17) is 11.6 Å². The Bertz CT molecular complexity index is 620. The Balaban J connectivity index is 2.54. The van der Waals surface area contributed by atoms with Crippen LogP contribution >= 0.6 is 23.4 Å². The SMILES string of the molecule is CSc1nc(C)c(C(=O)c2ccccc2Cl)c(C)n1. The third-order valence-electron chi connectivity index (χ3n) is 2.78. The average Bonchev–Trinajstić information content (AvgIpc) is 2.38. The molecule has 1 aromatic carbocycles. The van der Waals surface area contributed by atoms with E-state index in [1.54, 1.807) is 24.3 Å². The van der Waals surface area contributed by atoms with E-state index in [0.717, 1.165) is 0 Å². The summed E-state index contributed by atoms with van der Waals surface area (Å²) in [5.41, 5.74) is 2.38. The highest BCUT2D eigenvalue weighted by atomic mass is 35.5. The number of aromatic nitrogens is 2. The molecule has 0 fully saturated rings. The van der Waals surface area contributed by atoms with Crippen LogP contribution in [0.1, 0.15) is 27.3 Å². The van der Waals surface area contributed by atoms with Crippen LogP contribution in [0.5, 0.6) is 0 Å². The van der Waals surface area contributed by atoms with E-state index in [0.29, 0.717) is 32.7 Å². The van der Waals surface area contributed by atoms with Crippen LogP contribution in [0.4, 0.5) is 0 Å². The van der Waals surface area contributed by atoms with Gasteiger partial charge in [-0.1, -0.05) is 35.5 Å². The predicted molar refractivity (Wildman–Crippen MR) is 78.2 cm³/mol. The van der Waals surface area contributed by atoms with Gasteiger partial charge in [0.05, 0.1) is 22.0 Å². The summed E-state index contributed by atoms with van der Waals surface area (Å²) < 4.78 is 0. The van der Waals surface area contributed by atoms with E-state index in [1.165, 1.54) is 11.8 Å². The van der Waals surface area contributed by atoms with Gasteiger partial charge in [0, 0.05) is 5.56 Å². The summed E-state index contributed by atoms with van der Waals surface area (Å²) in [7, 11) is 0. The maximum absolute atomic E-state index is 12.5. The van der Waals surface area contributed by atoms with E-state index < -0.39 is 0 Å². The van der Waals surface area contributed by atoms with Crippen LogP contribution in [-0.2, 0) is 0 Å². The fraction of sp³-hybridized carbons (Fsp3) is 0.214. The van der Waals surface area contributed by atoms with Crippen molar-refractivity contribution in [1.29, 1.82) is 0 Å². The lowest BCUT2D eigenvalue weighted by molar-refractivity contribution is 0.103. The molecule has 19 heavy (non-hydrogen) atoms. The number of ketones is 1. The summed E-state index contributed by atoms with van der Waals surface area (Å²) >= 11 is 7.52. The van der Waals surface area contributed by atoms with Crippen molar-refractivity contribution in [1.82, 2.24) is 9.97 Å². The number of aryl methyl sites for hydroxylation is 2. The Hall–Kier alpha value is -1.39. The fourth-order valence-electron chi connectivity index (χ4n) is 1.89. The lowest BCUT2D eigenvalue weighted by atomic mass is 10.0. The summed E-state index contributed by atoms with van der Waals surface area (Å²) in [5.74, 6) is -0.131. The van der Waals surface area contributed by atoms with Gasteiger partial charge in [-0.25, -0.2) is 9.97 Å². The van der Waals surface area contributed by atoms with Gasteiger partial charge in [0.25, 0.3) is 0 Å². The molecule has 3 nitrogen and oxygen atoms in total. The molecule has 0 aliphatic heterocycles. The van der Waals surface area contributed by atoms with Gasteiger partial charge >= 0.3 is 0 Å². The highest BCUT2D eigenvalue weighted by Gasteiger charge is 2.19. The first-order valence-electron chi connectivity index (χ1n) is 5.73. The van der Waals surface area contributed by atoms with Gasteiger partial charge in [0.1, 0.15) is 0 Å². The third kappa shape index (κ3) is 2.80. The lowest BCUT2D eigenvalue weighted by Crippen LogP contribution is -2.10. The summed E-state index contributed by atoms with van der Waals surface area (Å²) in [6.07, 6.45) is 1.91. The maximum atomic E-state index is 12.5. The van der Waals surface area contributed by atoms with Gasteiger partial charge in [0.15, 0.2) is 10.9 Å². The zero-order valence-corrected chi connectivity index (χ0v) is 12.5. The molecule has 5 heteroatoms. The standard InChI is InChI=1S/C14H13ClN2OS/c1-8-12(9(2)17-14(16-8)19-3)13(18)10-6-4-5-7-11(10)15/h4-7H,1-3H3. The fourth-order valence-corrected chi connectivity index (χ4v) is 2.56. The van der Waals surface area contributed by atoms with Gasteiger partial charge in [-0.2, -0.15) is 0 Å². The Labute approximate surface area is 121 Å². The minimum atomic E-state index is -0.131. The Morgan fingerprint density at radius 2 is 1.74 bits per heavy atom. The van der Waals surface area contributed by atoms with Crippen LogP contribution < -0.4 is 0 Å². The Morgan fingerprint density at radius 3 is 2.26 bits per heavy atom. The number of thioether (sulfide) groups is 1. The van der Waals surface area contributed by atoms with Gasteiger partial charge in [-0.05, 0) is 32.2 Å². The summed E-state index contributed by atoms with van der Waals surface area (Å²) in [5, 5.41) is 1.12. The Morgan fingerprint density at radius 1 is 1.16 bits per heavy atom. The number of carbonyl (C=O) groups is 1. The van der Waals surface area contributed by atoms with Crippen LogP contribution in [0.15, 0.2) is 29.4 Å². The van der Waals surface area contributed by atoms with Crippen LogP contribution in [0, 0.1) is 13.8 Å². The first kappa shape index (κ1) is 14.0. The molecule has 0 radical (unpaired) electrons. The van der Waals surface area contributed by atoms with Crippen LogP contribution in [0.3, 0.4) is 0 Å². The van der Waals surface area contributed by atoms with E-state index in [-0.39, 0.29) is 5.78 Å². The minimum absolute atomic E-state index is 0.131. The molecule has 0 unspecified atom stereocenters. The van der Waals surface area contributed by atoms with E-state index in [1.807, 2.05) is 20.1 Å². The smallest absolute Gasteiger partial charge is 0.198 e. The second-order valence-electron chi connectivity index (χ2n) is 4.07. The van der Waals surface area contributed by atoms with Gasteiger partial charge in [-0.15, -0.1) is 0 Å². The molecule has 0 saturated heterocycles. The second-order valence-corrected chi connectivity index (χ2v) is 5.25. The molecular formula is C14H13ClN2OS. The number of rotatable bonds is 3. The summed E-state index contributed by atoms with van der Waals surface area (Å²) in [6, 6.07) is 7.01. The number of nitrogens with zero attached hydrogens (tertiary/aromatic N) is 2. The van der Waals surface area contributed by atoms with Crippen molar-refractivity contribution >= 4 is 29.1 Å². The number of hydrogen-bond donors (Lipinski definition) is 0. The molecule has 98 valence electrons. The molecule has 0 saturated carbocycles. The van der Waals surface area contributed by atoms with Crippen molar-refractivity contribution < 1.29 is 4.79 Å². The summed E-state index contributed by atoms with van der Waals surface area (Å²) in [4.78, 5) is 21.2. The molecule has 0 aliphatic rings. The number of hydrogen-bond acceptors (Lipinski definition) is 4. The van der Waals surface area contributed by atoms with Gasteiger partial charge < -0.3 is 0 Å². The normalized spacial score (nSPS) is 10.5. The second kappa shape index (κ2) is 5.72. The maximum Gasteiger partial charge on any atom is 0.198 e. The lowest BCUT2D eigenvalue weighted by Gasteiger charge is -2.10. The molecule has 0 N–H and O–H groups in total. The molecule has 0 spiro atoms. The van der Waals surface area contributed by atoms with Crippen molar-refractivity contribution in [3.05, 3.63) is 51.8 Å². The quantitative estimate of drug-likeness (QED) is 0.491. The Kier molecular flexibility index (Phi) is 4.22. The summed E-state index contributed by atoms with van der Waals surface area (Å²) in [6.45, 7) is 3.64. The molecule has 1 heterocycles. The molecular weight excluding hydrogens is 280 g/mol. The molecule has 0 amide bonds. The number of benzene rings is 1. The zero-order valence-electron chi connectivity index (χ0n) is 10.9. The van der Waals surface area contributed by atoms with Crippen molar-refractivity contribution in [2.24, 2.45) is 0 Å². The first-order valence-corrected chi connectivity index (χ1v) is 7.33. The van der Waals surface area contributed by atoms with Crippen molar-refractivity contribution in [2.45, 2.75) is 19.0 Å². The van der Waals surface area contributed by atoms with E-state index >= 15 is 0 Å². The molecule has 1 aromatic heterocycles. The topological polar surface area (TPSA) is 42.9 Å². The molecule has 0 aliphatic carbocycles. The van der Waals surface area contributed by atoms with Crippen molar-refractivity contribution in [3.8, 4) is 0 Å². The molecule has 2 aromatic rings. The van der Waals surface area contributed by atoms with Gasteiger partial charge in [-0.3, -0.25) is 4.79 Å². The molecule has 2 rings (SSSR count). The molecule has 0 bridgehead atoms. The van der Waals surface area contributed by atoms with Crippen LogP contribution in [-0.4, -0.2) is 22.0 Å². The van der Waals surface area contributed by atoms with Crippen molar-refractivity contribution in [3.63, 3.8) is 0 Å². The third-order valence-corrected chi connectivity index (χ3v) is 3.66. The van der Waals surface area contributed by atoms with Crippen molar-refractivity contribution in [2.75, 3.05) is 6.26 Å². The van der Waals surface area contributed by atoms with Crippen LogP contribution in [0.2, 0.25) is 5.02 Å². The first-order chi connectivity index (χ1) is 9.04. The number of halogens is 1. The predicted octanol–water partition coefficient (Wildman–Crippen LogP) is 3.70. The van der Waals surface area contributed by atoms with Gasteiger partial charge in [0.2, 0.25) is 0 Å². The highest BCUT2D eigenvalue weighted by Crippen LogP contribution is 2.23. The molecule has 0 atom stereocenters. The minimum Gasteiger partial charge on any atom is -0.288 e. The van der Waals surface area contributed by atoms with E-state index in [9.17, 15) is 4.79 Å². The highest BCUT2D eigenvalue weighted by molar-refractivity contribution is 7.98. The zero-order chi connectivity index (χ0) is 14.0. The largest absolute Gasteiger partial charge is 0.288 e. The average molecular weight is 293 g/mol. The monoisotopic (exact) mass is 292 g/mol. The van der Waals surface area contributed by atoms with E-state index in [2.05, 4.69) is 9.97 Å². The number of carbonyl (C=O) groups excluding carboxylic acids is 1.